The largest absolute Gasteiger partial charge is 0.475 e. The Labute approximate surface area is 119 Å². The number of likely N-dealkylation sites (tertiary alicyclic amines) is 1. The third kappa shape index (κ3) is 2.49. The molecule has 0 spiro atoms. The van der Waals surface area contributed by atoms with Gasteiger partial charge in [-0.05, 0) is 57.2 Å². The van der Waals surface area contributed by atoms with Crippen molar-refractivity contribution in [1.29, 1.82) is 0 Å². The van der Waals surface area contributed by atoms with Gasteiger partial charge in [0.1, 0.15) is 5.76 Å². The molecule has 2 heterocycles. The monoisotopic (exact) mass is 277 g/mol. The van der Waals surface area contributed by atoms with Gasteiger partial charge in [0, 0.05) is 6.04 Å². The molecule has 110 valence electrons. The van der Waals surface area contributed by atoms with E-state index in [4.69, 9.17) is 9.52 Å². The molecule has 1 N–H and O–H groups in total. The summed E-state index contributed by atoms with van der Waals surface area (Å²) in [5, 5.41) is 8.97. The van der Waals surface area contributed by atoms with Gasteiger partial charge in [-0.3, -0.25) is 4.90 Å². The van der Waals surface area contributed by atoms with Crippen molar-refractivity contribution < 1.29 is 14.3 Å². The molecule has 1 aliphatic heterocycles. The van der Waals surface area contributed by atoms with Crippen LogP contribution in [0, 0.1) is 5.92 Å². The number of rotatable bonds is 3. The lowest BCUT2D eigenvalue weighted by molar-refractivity contribution is 0.0233. The summed E-state index contributed by atoms with van der Waals surface area (Å²) >= 11 is 0. The van der Waals surface area contributed by atoms with Crippen LogP contribution in [0.2, 0.25) is 0 Å². The van der Waals surface area contributed by atoms with Crippen LogP contribution in [0.25, 0.3) is 0 Å². The molecule has 1 unspecified atom stereocenters. The highest BCUT2D eigenvalue weighted by molar-refractivity contribution is 5.84. The van der Waals surface area contributed by atoms with Crippen molar-refractivity contribution >= 4 is 5.97 Å². The van der Waals surface area contributed by atoms with Crippen LogP contribution in [0.5, 0.6) is 0 Å². The lowest BCUT2D eigenvalue weighted by Gasteiger charge is -2.46. The van der Waals surface area contributed by atoms with Gasteiger partial charge in [-0.25, -0.2) is 4.79 Å². The summed E-state index contributed by atoms with van der Waals surface area (Å²) in [6.07, 6.45) is 7.93. The predicted molar refractivity (Wildman–Crippen MR) is 75.8 cm³/mol. The van der Waals surface area contributed by atoms with Gasteiger partial charge in [0.2, 0.25) is 5.76 Å². The minimum absolute atomic E-state index is 0.0454. The molecule has 1 aromatic rings. The zero-order valence-corrected chi connectivity index (χ0v) is 12.0. The van der Waals surface area contributed by atoms with Crippen LogP contribution in [0.3, 0.4) is 0 Å². The van der Waals surface area contributed by atoms with Crippen LogP contribution < -0.4 is 0 Å². The van der Waals surface area contributed by atoms with Crippen LogP contribution in [-0.4, -0.2) is 28.6 Å². The van der Waals surface area contributed by atoms with Gasteiger partial charge in [-0.15, -0.1) is 0 Å². The van der Waals surface area contributed by atoms with E-state index in [0.717, 1.165) is 18.2 Å². The topological polar surface area (TPSA) is 53.7 Å². The maximum atomic E-state index is 10.9. The number of fused-ring (bicyclic) bond motifs is 1. The van der Waals surface area contributed by atoms with Crippen LogP contribution in [0.4, 0.5) is 0 Å². The zero-order chi connectivity index (χ0) is 14.1. The summed E-state index contributed by atoms with van der Waals surface area (Å²) in [5.74, 6) is 0.671. The molecule has 0 bridgehead atoms. The zero-order valence-electron chi connectivity index (χ0n) is 12.0. The third-order valence-corrected chi connectivity index (χ3v) is 5.03. The molecule has 20 heavy (non-hydrogen) atoms. The predicted octanol–water partition coefficient (Wildman–Crippen LogP) is 3.69. The molecule has 1 aromatic heterocycles. The molecule has 1 aliphatic carbocycles. The number of piperidine rings is 1. The van der Waals surface area contributed by atoms with Crippen molar-refractivity contribution in [3.05, 3.63) is 23.7 Å². The van der Waals surface area contributed by atoms with Crippen molar-refractivity contribution in [3.63, 3.8) is 0 Å². The average molecular weight is 277 g/mol. The van der Waals surface area contributed by atoms with E-state index in [2.05, 4.69) is 11.8 Å². The molecule has 0 aromatic carbocycles. The highest BCUT2D eigenvalue weighted by atomic mass is 16.4. The van der Waals surface area contributed by atoms with E-state index in [0.29, 0.717) is 6.04 Å². The van der Waals surface area contributed by atoms with Gasteiger partial charge in [-0.1, -0.05) is 12.8 Å². The summed E-state index contributed by atoms with van der Waals surface area (Å²) in [4.78, 5) is 13.5. The molecular weight excluding hydrogens is 254 g/mol. The van der Waals surface area contributed by atoms with Crippen LogP contribution in [0.15, 0.2) is 16.5 Å². The fraction of sp³-hybridized carbons (Fsp3) is 0.688. The van der Waals surface area contributed by atoms with Crippen molar-refractivity contribution in [2.45, 2.75) is 57.5 Å². The van der Waals surface area contributed by atoms with Crippen molar-refractivity contribution in [1.82, 2.24) is 4.90 Å². The van der Waals surface area contributed by atoms with Crippen molar-refractivity contribution in [2.75, 3.05) is 6.54 Å². The Kier molecular flexibility index (Phi) is 3.83. The number of carboxylic acids is 1. The van der Waals surface area contributed by atoms with E-state index in [1.54, 1.807) is 6.07 Å². The molecule has 1 saturated carbocycles. The van der Waals surface area contributed by atoms with E-state index in [-0.39, 0.29) is 11.8 Å². The Balaban J connectivity index is 1.77. The standard InChI is InChI=1S/C16H23NO3/c1-11(14-8-9-15(20-14)16(18)19)17-10-4-6-12-5-2-3-7-13(12)17/h8-9,11-13H,2-7,10H2,1H3,(H,18,19)/t11?,12-,13-/m1/s1. The van der Waals surface area contributed by atoms with E-state index in [9.17, 15) is 4.79 Å². The summed E-state index contributed by atoms with van der Waals surface area (Å²) in [6.45, 7) is 3.24. The molecule has 0 radical (unpaired) electrons. The summed E-state index contributed by atoms with van der Waals surface area (Å²) in [5.41, 5.74) is 0. The second-order valence-corrected chi connectivity index (χ2v) is 6.18. The molecule has 3 rings (SSSR count). The van der Waals surface area contributed by atoms with Crippen molar-refractivity contribution in [3.8, 4) is 0 Å². The van der Waals surface area contributed by atoms with E-state index in [1.807, 2.05) is 6.07 Å². The first-order valence-electron chi connectivity index (χ1n) is 7.75. The fourth-order valence-electron chi connectivity index (χ4n) is 4.00. The molecule has 1 saturated heterocycles. The molecule has 2 fully saturated rings. The number of aromatic carboxylic acids is 1. The SMILES string of the molecule is CC(c1ccc(C(=O)O)o1)N1CCC[C@H]2CCCC[C@H]21. The minimum Gasteiger partial charge on any atom is -0.475 e. The second-order valence-electron chi connectivity index (χ2n) is 6.18. The van der Waals surface area contributed by atoms with Gasteiger partial charge in [0.25, 0.3) is 0 Å². The Morgan fingerprint density at radius 2 is 2.05 bits per heavy atom. The first kappa shape index (κ1) is 13.7. The first-order valence-corrected chi connectivity index (χ1v) is 7.75. The lowest BCUT2D eigenvalue weighted by atomic mass is 9.77. The number of carboxylic acid groups (broad SMARTS) is 1. The van der Waals surface area contributed by atoms with Gasteiger partial charge >= 0.3 is 5.97 Å². The maximum absolute atomic E-state index is 10.9. The van der Waals surface area contributed by atoms with E-state index >= 15 is 0 Å². The molecule has 2 aliphatic rings. The summed E-state index contributed by atoms with van der Waals surface area (Å²) in [6, 6.07) is 4.22. The third-order valence-electron chi connectivity index (χ3n) is 5.03. The minimum atomic E-state index is -0.988. The van der Waals surface area contributed by atoms with Gasteiger partial charge < -0.3 is 9.52 Å². The average Bonchev–Trinajstić information content (AvgIpc) is 2.96. The molecule has 3 atom stereocenters. The number of nitrogens with zero attached hydrogens (tertiary/aromatic N) is 1. The molecule has 4 heteroatoms. The fourth-order valence-corrected chi connectivity index (χ4v) is 4.00. The molecule has 4 nitrogen and oxygen atoms in total. The number of furan rings is 1. The maximum Gasteiger partial charge on any atom is 0.371 e. The quantitative estimate of drug-likeness (QED) is 0.915. The highest BCUT2D eigenvalue weighted by Gasteiger charge is 2.36. The molecular formula is C16H23NO3. The normalized spacial score (nSPS) is 28.9. The number of carbonyl (C=O) groups is 1. The first-order chi connectivity index (χ1) is 9.66. The van der Waals surface area contributed by atoms with Gasteiger partial charge in [0.05, 0.1) is 6.04 Å². The van der Waals surface area contributed by atoms with Crippen molar-refractivity contribution in [2.24, 2.45) is 5.92 Å². The Morgan fingerprint density at radius 3 is 2.80 bits per heavy atom. The number of hydrogen-bond acceptors (Lipinski definition) is 3. The summed E-state index contributed by atoms with van der Waals surface area (Å²) < 4.78 is 5.50. The summed E-state index contributed by atoms with van der Waals surface area (Å²) in [7, 11) is 0. The van der Waals surface area contributed by atoms with Crippen LogP contribution >= 0.6 is 0 Å². The number of hydrogen-bond donors (Lipinski definition) is 1. The van der Waals surface area contributed by atoms with Crippen LogP contribution in [-0.2, 0) is 0 Å². The Morgan fingerprint density at radius 1 is 1.30 bits per heavy atom. The Bertz CT molecular complexity index is 480. The smallest absolute Gasteiger partial charge is 0.371 e. The van der Waals surface area contributed by atoms with Crippen LogP contribution in [0.1, 0.15) is 67.8 Å². The van der Waals surface area contributed by atoms with E-state index in [1.165, 1.54) is 38.5 Å². The second kappa shape index (κ2) is 5.60. The van der Waals surface area contributed by atoms with E-state index < -0.39 is 5.97 Å². The lowest BCUT2D eigenvalue weighted by Crippen LogP contribution is -2.47. The van der Waals surface area contributed by atoms with Gasteiger partial charge in [-0.2, -0.15) is 0 Å². The Hall–Kier alpha value is -1.29. The van der Waals surface area contributed by atoms with Gasteiger partial charge in [0.15, 0.2) is 0 Å². The highest BCUT2D eigenvalue weighted by Crippen LogP contribution is 2.39. The molecule has 0 amide bonds.